The van der Waals surface area contributed by atoms with Crippen molar-refractivity contribution in [2.45, 2.75) is 159 Å². The number of aromatic nitrogens is 6. The van der Waals surface area contributed by atoms with Crippen molar-refractivity contribution in [3.05, 3.63) is 68.3 Å². The smallest absolute Gasteiger partial charge is 0.131 e. The Bertz CT molecular complexity index is 1520. The molecule has 3 aliphatic heterocycles. The van der Waals surface area contributed by atoms with E-state index in [-0.39, 0.29) is 12.2 Å². The topological polar surface area (TPSA) is 105 Å². The molecule has 0 aliphatic carbocycles. The summed E-state index contributed by atoms with van der Waals surface area (Å²) < 4.78 is 17.3. The van der Waals surface area contributed by atoms with Crippen LogP contribution in [0, 0.1) is 38.5 Å². The Kier molecular flexibility index (Phi) is 13.6. The SMILES string of the molecule is Cc1nc(C(C)C)nc2c1CCOC2C(C)C.Cc1nc(C(C)C)nc2c1COC2C(C)C.Cc1nc(C(C)C)nc2c1COCC2C(C)C. The second kappa shape index (κ2) is 17.1. The van der Waals surface area contributed by atoms with E-state index in [2.05, 4.69) is 124 Å². The van der Waals surface area contributed by atoms with E-state index in [0.717, 1.165) is 65.6 Å². The molecule has 3 atom stereocenters. The fourth-order valence-corrected chi connectivity index (χ4v) is 6.65. The predicted molar refractivity (Wildman–Crippen MR) is 199 cm³/mol. The van der Waals surface area contributed by atoms with Gasteiger partial charge in [0.1, 0.15) is 29.7 Å². The van der Waals surface area contributed by atoms with Gasteiger partial charge in [0, 0.05) is 51.9 Å². The zero-order chi connectivity index (χ0) is 37.0. The van der Waals surface area contributed by atoms with Crippen LogP contribution in [0.3, 0.4) is 0 Å². The summed E-state index contributed by atoms with van der Waals surface area (Å²) >= 11 is 0. The fourth-order valence-electron chi connectivity index (χ4n) is 6.65. The lowest BCUT2D eigenvalue weighted by molar-refractivity contribution is 0.00736. The molecular formula is C41H64N6O3. The standard InChI is InChI=1S/2C14H22N2O.C13H20N2O/c1-8(2)11-6-17-7-12-10(5)15-14(9(3)4)16-13(11)12;1-8(2)13-12-11(6-7-17-13)10(5)15-14(16-12)9(3)4;1-7(2)12-11-10(6-16-12)9(5)14-13(15-11)8(3)4/h8-9,11H,6-7H2,1-5H3;8-9,13H,6-7H2,1-5H3;7-8,12H,6H2,1-5H3. The fraction of sp³-hybridized carbons (Fsp3) is 0.707. The van der Waals surface area contributed by atoms with Gasteiger partial charge in [-0.25, -0.2) is 29.9 Å². The van der Waals surface area contributed by atoms with Gasteiger partial charge in [-0.05, 0) is 50.5 Å². The maximum Gasteiger partial charge on any atom is 0.131 e. The van der Waals surface area contributed by atoms with E-state index in [9.17, 15) is 0 Å². The van der Waals surface area contributed by atoms with Gasteiger partial charge in [-0.2, -0.15) is 0 Å². The molecule has 50 heavy (non-hydrogen) atoms. The van der Waals surface area contributed by atoms with Crippen molar-refractivity contribution in [2.24, 2.45) is 17.8 Å². The third-order valence-electron chi connectivity index (χ3n) is 9.85. The number of fused-ring (bicyclic) bond motifs is 3. The van der Waals surface area contributed by atoms with Gasteiger partial charge >= 0.3 is 0 Å². The van der Waals surface area contributed by atoms with E-state index in [1.165, 1.54) is 22.4 Å². The average molecular weight is 689 g/mol. The molecule has 0 saturated carbocycles. The summed E-state index contributed by atoms with van der Waals surface area (Å²) in [6.07, 6.45) is 1.23. The minimum absolute atomic E-state index is 0.137. The zero-order valence-corrected chi connectivity index (χ0v) is 33.6. The number of aryl methyl sites for hydroxylation is 3. The van der Waals surface area contributed by atoms with Gasteiger partial charge in [0.2, 0.25) is 0 Å². The highest BCUT2D eigenvalue weighted by Crippen LogP contribution is 2.37. The van der Waals surface area contributed by atoms with Crippen molar-refractivity contribution in [3.63, 3.8) is 0 Å². The van der Waals surface area contributed by atoms with Crippen molar-refractivity contribution >= 4 is 0 Å². The first-order valence-corrected chi connectivity index (χ1v) is 18.9. The van der Waals surface area contributed by atoms with Crippen molar-refractivity contribution in [1.29, 1.82) is 0 Å². The molecule has 0 aromatic carbocycles. The summed E-state index contributed by atoms with van der Waals surface area (Å²) in [6.45, 7) is 35.1. The van der Waals surface area contributed by atoms with Gasteiger partial charge < -0.3 is 14.2 Å². The van der Waals surface area contributed by atoms with Crippen LogP contribution in [0.25, 0.3) is 0 Å². The molecule has 276 valence electrons. The van der Waals surface area contributed by atoms with Crippen LogP contribution in [0.15, 0.2) is 0 Å². The quantitative estimate of drug-likeness (QED) is 0.250. The molecule has 3 aromatic rings. The predicted octanol–water partition coefficient (Wildman–Crippen LogP) is 9.49. The Labute approximate surface area is 302 Å². The van der Waals surface area contributed by atoms with Gasteiger partial charge in [-0.3, -0.25) is 0 Å². The van der Waals surface area contributed by atoms with E-state index in [1.807, 2.05) is 0 Å². The second-order valence-corrected chi connectivity index (χ2v) is 16.2. The molecule has 6 heterocycles. The molecule has 0 radical (unpaired) electrons. The van der Waals surface area contributed by atoms with Crippen LogP contribution in [0.2, 0.25) is 0 Å². The lowest BCUT2D eigenvalue weighted by atomic mass is 9.88. The molecule has 3 unspecified atom stereocenters. The molecule has 0 bridgehead atoms. The van der Waals surface area contributed by atoms with Crippen molar-refractivity contribution in [3.8, 4) is 0 Å². The molecule has 9 nitrogen and oxygen atoms in total. The monoisotopic (exact) mass is 689 g/mol. The first kappa shape index (κ1) is 39.9. The third kappa shape index (κ3) is 9.12. The summed E-state index contributed by atoms with van der Waals surface area (Å²) in [7, 11) is 0. The lowest BCUT2D eigenvalue weighted by Gasteiger charge is -2.29. The van der Waals surface area contributed by atoms with Crippen LogP contribution in [0.5, 0.6) is 0 Å². The first-order valence-electron chi connectivity index (χ1n) is 18.9. The van der Waals surface area contributed by atoms with E-state index in [1.54, 1.807) is 0 Å². The molecule has 0 fully saturated rings. The van der Waals surface area contributed by atoms with Crippen LogP contribution in [-0.2, 0) is 33.8 Å². The van der Waals surface area contributed by atoms with Crippen LogP contribution >= 0.6 is 0 Å². The summed E-state index contributed by atoms with van der Waals surface area (Å²) in [5, 5.41) is 0. The maximum absolute atomic E-state index is 5.87. The molecule has 3 aliphatic rings. The van der Waals surface area contributed by atoms with Crippen molar-refractivity contribution < 1.29 is 14.2 Å². The van der Waals surface area contributed by atoms with Gasteiger partial charge in [0.25, 0.3) is 0 Å². The molecule has 0 N–H and O–H groups in total. The molecule has 0 amide bonds. The third-order valence-corrected chi connectivity index (χ3v) is 9.85. The normalized spacial score (nSPS) is 19.7. The minimum Gasteiger partial charge on any atom is -0.376 e. The lowest BCUT2D eigenvalue weighted by Crippen LogP contribution is -2.25. The van der Waals surface area contributed by atoms with Gasteiger partial charge in [0.15, 0.2) is 0 Å². The molecule has 0 saturated heterocycles. The first-order chi connectivity index (χ1) is 23.5. The van der Waals surface area contributed by atoms with Crippen LogP contribution in [-0.4, -0.2) is 43.1 Å². The Morgan fingerprint density at radius 1 is 0.480 bits per heavy atom. The second-order valence-electron chi connectivity index (χ2n) is 16.2. The van der Waals surface area contributed by atoms with Crippen molar-refractivity contribution in [2.75, 3.05) is 13.2 Å². The number of nitrogens with zero attached hydrogens (tertiary/aromatic N) is 6. The molecule has 6 rings (SSSR count). The Hall–Kier alpha value is -2.88. The highest BCUT2D eigenvalue weighted by Gasteiger charge is 2.31. The molecule has 0 spiro atoms. The minimum atomic E-state index is 0.137. The van der Waals surface area contributed by atoms with Gasteiger partial charge in [-0.15, -0.1) is 0 Å². The highest BCUT2D eigenvalue weighted by atomic mass is 16.5. The Morgan fingerprint density at radius 3 is 1.36 bits per heavy atom. The number of hydrogen-bond donors (Lipinski definition) is 0. The summed E-state index contributed by atoms with van der Waals surface area (Å²) in [5.74, 6) is 5.87. The number of ether oxygens (including phenoxy) is 3. The van der Waals surface area contributed by atoms with Crippen molar-refractivity contribution in [1.82, 2.24) is 29.9 Å². The average Bonchev–Trinajstić information content (AvgIpc) is 3.50. The molecule has 9 heteroatoms. The summed E-state index contributed by atoms with van der Waals surface area (Å²) in [6, 6.07) is 0. The Morgan fingerprint density at radius 2 is 0.900 bits per heavy atom. The summed E-state index contributed by atoms with van der Waals surface area (Å²) in [5.41, 5.74) is 10.5. The number of rotatable bonds is 6. The molecule has 3 aromatic heterocycles. The largest absolute Gasteiger partial charge is 0.376 e. The van der Waals surface area contributed by atoms with Crippen LogP contribution < -0.4 is 0 Å². The van der Waals surface area contributed by atoms with Gasteiger partial charge in [-0.1, -0.05) is 83.1 Å². The number of hydrogen-bond acceptors (Lipinski definition) is 9. The van der Waals surface area contributed by atoms with Crippen LogP contribution in [0.1, 0.15) is 187 Å². The zero-order valence-electron chi connectivity index (χ0n) is 33.6. The van der Waals surface area contributed by atoms with E-state index in [4.69, 9.17) is 24.2 Å². The molecular weight excluding hydrogens is 624 g/mol. The van der Waals surface area contributed by atoms with Gasteiger partial charge in [0.05, 0.1) is 43.5 Å². The van der Waals surface area contributed by atoms with E-state index in [0.29, 0.717) is 54.6 Å². The van der Waals surface area contributed by atoms with E-state index < -0.39 is 0 Å². The highest BCUT2D eigenvalue weighted by molar-refractivity contribution is 5.32. The maximum atomic E-state index is 5.87. The van der Waals surface area contributed by atoms with Crippen LogP contribution in [0.4, 0.5) is 0 Å². The Balaban J connectivity index is 0.000000169. The van der Waals surface area contributed by atoms with E-state index >= 15 is 0 Å². The summed E-state index contributed by atoms with van der Waals surface area (Å²) in [4.78, 5) is 28.0.